The fourth-order valence-corrected chi connectivity index (χ4v) is 6.88. The summed E-state index contributed by atoms with van der Waals surface area (Å²) in [5, 5.41) is 0. The quantitative estimate of drug-likeness (QED) is 0.0262. The summed E-state index contributed by atoms with van der Waals surface area (Å²) in [4.78, 5) is 38.0. The highest BCUT2D eigenvalue weighted by Crippen LogP contribution is 2.12. The van der Waals surface area contributed by atoms with Crippen LogP contribution in [-0.2, 0) is 28.6 Å². The summed E-state index contributed by atoms with van der Waals surface area (Å²) in [6.07, 6.45) is 74.8. The minimum atomic E-state index is -0.832. The molecule has 0 aliphatic rings. The monoisotopic (exact) mass is 927 g/mol. The van der Waals surface area contributed by atoms with E-state index in [1.807, 2.05) is 0 Å². The van der Waals surface area contributed by atoms with Gasteiger partial charge in [-0.15, -0.1) is 0 Å². The van der Waals surface area contributed by atoms with E-state index in [2.05, 4.69) is 142 Å². The molecule has 0 aromatic carbocycles. The second-order valence-electron chi connectivity index (χ2n) is 17.4. The highest BCUT2D eigenvalue weighted by Gasteiger charge is 2.19. The lowest BCUT2D eigenvalue weighted by Gasteiger charge is -2.18. The van der Waals surface area contributed by atoms with Crippen molar-refractivity contribution in [1.82, 2.24) is 0 Å². The van der Waals surface area contributed by atoms with Crippen molar-refractivity contribution in [2.75, 3.05) is 13.2 Å². The molecule has 0 aromatic rings. The van der Waals surface area contributed by atoms with Gasteiger partial charge >= 0.3 is 17.9 Å². The van der Waals surface area contributed by atoms with Crippen molar-refractivity contribution in [2.24, 2.45) is 0 Å². The molecule has 1 atom stereocenters. The van der Waals surface area contributed by atoms with Gasteiger partial charge in [-0.2, -0.15) is 0 Å². The third kappa shape index (κ3) is 52.6. The lowest BCUT2D eigenvalue weighted by atomic mass is 10.1. The Kier molecular flexibility index (Phi) is 51.0. The maximum absolute atomic E-state index is 12.8. The Morgan fingerprint density at radius 3 is 0.985 bits per heavy atom. The zero-order chi connectivity index (χ0) is 48.6. The number of carbonyl (C=O) groups is 3. The average Bonchev–Trinajstić information content (AvgIpc) is 3.33. The Morgan fingerprint density at radius 1 is 0.313 bits per heavy atom. The van der Waals surface area contributed by atoms with Crippen LogP contribution in [-0.4, -0.2) is 37.2 Å². The number of hydrogen-bond donors (Lipinski definition) is 0. The Labute approximate surface area is 412 Å². The van der Waals surface area contributed by atoms with E-state index < -0.39 is 6.10 Å². The van der Waals surface area contributed by atoms with Gasteiger partial charge in [-0.3, -0.25) is 14.4 Å². The summed E-state index contributed by atoms with van der Waals surface area (Å²) in [5.74, 6) is -1.06. The number of hydrogen-bond acceptors (Lipinski definition) is 6. The zero-order valence-electron chi connectivity index (χ0n) is 43.1. The number of unbranched alkanes of at least 4 members (excludes halogenated alkanes) is 16. The van der Waals surface area contributed by atoms with Crippen LogP contribution < -0.4 is 0 Å². The summed E-state index contributed by atoms with van der Waals surface area (Å²) in [6, 6.07) is 0. The normalized spacial score (nSPS) is 13.1. The third-order valence-corrected chi connectivity index (χ3v) is 10.9. The lowest BCUT2D eigenvalue weighted by molar-refractivity contribution is -0.167. The fourth-order valence-electron chi connectivity index (χ4n) is 6.88. The highest BCUT2D eigenvalue weighted by molar-refractivity contribution is 5.71. The van der Waals surface area contributed by atoms with Gasteiger partial charge in [0.05, 0.1) is 0 Å². The molecule has 0 bridgehead atoms. The van der Waals surface area contributed by atoms with E-state index in [1.54, 1.807) is 0 Å². The highest BCUT2D eigenvalue weighted by atomic mass is 16.6. The van der Waals surface area contributed by atoms with Crippen LogP contribution in [0.2, 0.25) is 0 Å². The van der Waals surface area contributed by atoms with Crippen molar-refractivity contribution in [3.8, 4) is 0 Å². The molecule has 6 heteroatoms. The summed E-state index contributed by atoms with van der Waals surface area (Å²) < 4.78 is 16.7. The minimum absolute atomic E-state index is 0.131. The first kappa shape index (κ1) is 62.8. The van der Waals surface area contributed by atoms with E-state index >= 15 is 0 Å². The van der Waals surface area contributed by atoms with Gasteiger partial charge in [0.1, 0.15) is 13.2 Å². The average molecular weight is 927 g/mol. The molecule has 0 N–H and O–H groups in total. The molecule has 0 spiro atoms. The predicted molar refractivity (Wildman–Crippen MR) is 288 cm³/mol. The minimum Gasteiger partial charge on any atom is -0.462 e. The number of rotatable bonds is 47. The number of esters is 3. The standard InChI is InChI=1S/C61H98O6/c1-4-7-10-13-16-19-22-25-28-30-33-35-38-41-44-47-50-53-59(62)65-56-58(67-61(64)55-52-49-46-43-40-37-32-27-24-21-18-15-12-9-6-3)57-66-60(63)54-51-48-45-42-39-36-34-31-29-26-23-20-17-14-11-8-5-2/h7,10,16,18-19,21,25-29,32-36,41-42,44-45,58H,4-6,8-9,11-15,17,20,22-24,30-31,37-40,43,46-57H2,1-3H3/b10-7-,19-16-,21-18-,28-25-,29-26-,32-27-,35-33-,36-34-,44-41-,45-42-/t58-/m1/s1. The Hall–Kier alpha value is -4.19. The maximum Gasteiger partial charge on any atom is 0.306 e. The van der Waals surface area contributed by atoms with Gasteiger partial charge in [0.2, 0.25) is 0 Å². The predicted octanol–water partition coefficient (Wildman–Crippen LogP) is 18.1. The van der Waals surface area contributed by atoms with E-state index in [9.17, 15) is 14.4 Å². The van der Waals surface area contributed by atoms with E-state index in [-0.39, 0.29) is 50.4 Å². The molecule has 378 valence electrons. The first-order chi connectivity index (χ1) is 33.0. The third-order valence-electron chi connectivity index (χ3n) is 10.9. The molecule has 0 heterocycles. The van der Waals surface area contributed by atoms with Crippen molar-refractivity contribution in [3.05, 3.63) is 122 Å². The van der Waals surface area contributed by atoms with Gasteiger partial charge < -0.3 is 14.2 Å². The fraction of sp³-hybridized carbons (Fsp3) is 0.623. The molecule has 0 aromatic heterocycles. The van der Waals surface area contributed by atoms with Crippen LogP contribution in [0.15, 0.2) is 122 Å². The van der Waals surface area contributed by atoms with Gasteiger partial charge in [0.25, 0.3) is 0 Å². The molecule has 0 radical (unpaired) electrons. The number of ether oxygens (including phenoxy) is 3. The maximum atomic E-state index is 12.8. The van der Waals surface area contributed by atoms with Crippen LogP contribution in [0.5, 0.6) is 0 Å². The van der Waals surface area contributed by atoms with Gasteiger partial charge in [-0.25, -0.2) is 0 Å². The molecule has 0 fully saturated rings. The summed E-state index contributed by atoms with van der Waals surface area (Å²) in [7, 11) is 0. The summed E-state index contributed by atoms with van der Waals surface area (Å²) in [5.41, 5.74) is 0. The van der Waals surface area contributed by atoms with Crippen LogP contribution >= 0.6 is 0 Å². The van der Waals surface area contributed by atoms with Crippen molar-refractivity contribution in [3.63, 3.8) is 0 Å². The molecule has 67 heavy (non-hydrogen) atoms. The molecule has 0 saturated carbocycles. The van der Waals surface area contributed by atoms with Crippen molar-refractivity contribution < 1.29 is 28.6 Å². The smallest absolute Gasteiger partial charge is 0.306 e. The van der Waals surface area contributed by atoms with Crippen LogP contribution in [0.3, 0.4) is 0 Å². The van der Waals surface area contributed by atoms with Gasteiger partial charge in [0.15, 0.2) is 6.10 Å². The number of allylic oxidation sites excluding steroid dienone is 20. The Balaban J connectivity index is 4.59. The summed E-state index contributed by atoms with van der Waals surface area (Å²) >= 11 is 0. The Bertz CT molecular complexity index is 1440. The molecule has 6 nitrogen and oxygen atoms in total. The van der Waals surface area contributed by atoms with E-state index in [0.717, 1.165) is 103 Å². The molecule has 0 unspecified atom stereocenters. The first-order valence-electron chi connectivity index (χ1n) is 27.0. The second kappa shape index (κ2) is 54.4. The van der Waals surface area contributed by atoms with Crippen LogP contribution in [0.1, 0.15) is 226 Å². The molecule has 0 saturated heterocycles. The second-order valence-corrected chi connectivity index (χ2v) is 17.4. The molecule has 0 amide bonds. The van der Waals surface area contributed by atoms with E-state index in [4.69, 9.17) is 14.2 Å². The van der Waals surface area contributed by atoms with Crippen LogP contribution in [0.4, 0.5) is 0 Å². The summed E-state index contributed by atoms with van der Waals surface area (Å²) in [6.45, 7) is 6.37. The molecule has 0 aliphatic carbocycles. The van der Waals surface area contributed by atoms with Gasteiger partial charge in [-0.1, -0.05) is 206 Å². The lowest BCUT2D eigenvalue weighted by Crippen LogP contribution is -2.30. The zero-order valence-corrected chi connectivity index (χ0v) is 43.1. The van der Waals surface area contributed by atoms with E-state index in [1.165, 1.54) is 70.6 Å². The van der Waals surface area contributed by atoms with Crippen molar-refractivity contribution in [2.45, 2.75) is 232 Å². The number of carbonyl (C=O) groups excluding carboxylic acids is 3. The van der Waals surface area contributed by atoms with Crippen molar-refractivity contribution >= 4 is 17.9 Å². The van der Waals surface area contributed by atoms with Gasteiger partial charge in [0, 0.05) is 19.3 Å². The molecule has 0 rings (SSSR count). The topological polar surface area (TPSA) is 78.9 Å². The van der Waals surface area contributed by atoms with E-state index in [0.29, 0.717) is 12.8 Å². The van der Waals surface area contributed by atoms with Gasteiger partial charge in [-0.05, 0) is 122 Å². The molecular formula is C61H98O6. The van der Waals surface area contributed by atoms with Crippen LogP contribution in [0, 0.1) is 0 Å². The first-order valence-corrected chi connectivity index (χ1v) is 27.0. The van der Waals surface area contributed by atoms with Crippen LogP contribution in [0.25, 0.3) is 0 Å². The largest absolute Gasteiger partial charge is 0.462 e. The van der Waals surface area contributed by atoms with Crippen molar-refractivity contribution in [1.29, 1.82) is 0 Å². The Morgan fingerprint density at radius 2 is 0.597 bits per heavy atom. The molecular weight excluding hydrogens is 829 g/mol. The molecule has 0 aliphatic heterocycles. The SMILES string of the molecule is CC/C=C\C/C=C\C/C=C\C/C=C\C/C=C\CCCC(=O)OC[C@H](COC(=O)CCC/C=C\C/C=C\C/C=C\CCCCCCCC)OC(=O)CCCCCCC/C=C\C/C=C\CCCCC.